The summed E-state index contributed by atoms with van der Waals surface area (Å²) in [6, 6.07) is -0.698. The van der Waals surface area contributed by atoms with Gasteiger partial charge in [0, 0.05) is 6.42 Å². The third-order valence-corrected chi connectivity index (χ3v) is 2.17. The summed E-state index contributed by atoms with van der Waals surface area (Å²) in [5.41, 5.74) is -0.610. The van der Waals surface area contributed by atoms with Crippen LogP contribution in [-0.2, 0) is 14.3 Å². The highest BCUT2D eigenvalue weighted by molar-refractivity contribution is 5.99. The van der Waals surface area contributed by atoms with Gasteiger partial charge in [-0.1, -0.05) is 0 Å². The van der Waals surface area contributed by atoms with Gasteiger partial charge >= 0.3 is 6.09 Å². The number of carbonyl (C=O) groups excluding carboxylic acids is 3. The Balaban J connectivity index is 2.52. The monoisotopic (exact) mass is 242 g/mol. The van der Waals surface area contributed by atoms with E-state index in [9.17, 15) is 14.4 Å². The van der Waals surface area contributed by atoms with E-state index in [2.05, 4.69) is 10.6 Å². The predicted octanol–water partition coefficient (Wildman–Crippen LogP) is 0.706. The number of nitrogens with one attached hydrogen (secondary N) is 2. The third-order valence-electron chi connectivity index (χ3n) is 2.17. The maximum absolute atomic E-state index is 11.5. The van der Waals surface area contributed by atoms with E-state index < -0.39 is 23.6 Å². The van der Waals surface area contributed by atoms with E-state index in [-0.39, 0.29) is 5.91 Å². The Morgan fingerprint density at radius 1 is 1.41 bits per heavy atom. The molecule has 1 heterocycles. The number of amides is 3. The van der Waals surface area contributed by atoms with Crippen LogP contribution in [0, 0.1) is 0 Å². The molecule has 6 nitrogen and oxygen atoms in total. The van der Waals surface area contributed by atoms with E-state index in [1.807, 2.05) is 0 Å². The molecule has 1 saturated heterocycles. The Morgan fingerprint density at radius 3 is 2.65 bits per heavy atom. The van der Waals surface area contributed by atoms with E-state index in [4.69, 9.17) is 4.74 Å². The minimum absolute atomic E-state index is 0.302. The zero-order chi connectivity index (χ0) is 13.1. The quantitative estimate of drug-likeness (QED) is 0.663. The first-order valence-electron chi connectivity index (χ1n) is 5.61. The first-order chi connectivity index (χ1) is 7.78. The lowest BCUT2D eigenvalue weighted by Crippen LogP contribution is -2.48. The van der Waals surface area contributed by atoms with Crippen LogP contribution in [0.2, 0.25) is 0 Å². The van der Waals surface area contributed by atoms with Gasteiger partial charge in [-0.25, -0.2) is 4.79 Å². The molecule has 0 aromatic heterocycles. The van der Waals surface area contributed by atoms with Gasteiger partial charge in [-0.05, 0) is 33.6 Å². The molecule has 0 bridgehead atoms. The molecule has 0 aromatic rings. The lowest BCUT2D eigenvalue weighted by Gasteiger charge is -2.22. The van der Waals surface area contributed by atoms with E-state index in [1.165, 1.54) is 0 Å². The molecule has 0 aliphatic carbocycles. The summed E-state index contributed by atoms with van der Waals surface area (Å²) < 4.78 is 5.04. The second-order valence-corrected chi connectivity index (χ2v) is 5.00. The van der Waals surface area contributed by atoms with Crippen molar-refractivity contribution in [2.45, 2.75) is 51.7 Å². The molecule has 1 aliphatic heterocycles. The zero-order valence-corrected chi connectivity index (χ0v) is 10.3. The highest BCUT2D eigenvalue weighted by Crippen LogP contribution is 2.09. The van der Waals surface area contributed by atoms with Crippen molar-refractivity contribution >= 4 is 17.9 Å². The molecule has 3 amide bonds. The summed E-state index contributed by atoms with van der Waals surface area (Å²) in [6.07, 6.45) is 0.666. The first-order valence-corrected chi connectivity index (χ1v) is 5.61. The number of carbonyl (C=O) groups is 3. The van der Waals surface area contributed by atoms with Crippen molar-refractivity contribution in [1.29, 1.82) is 0 Å². The van der Waals surface area contributed by atoms with Crippen LogP contribution in [0.15, 0.2) is 0 Å². The molecule has 1 rings (SSSR count). The van der Waals surface area contributed by atoms with E-state index in [0.717, 1.165) is 0 Å². The van der Waals surface area contributed by atoms with E-state index in [1.54, 1.807) is 20.8 Å². The van der Waals surface area contributed by atoms with Gasteiger partial charge in [-0.2, -0.15) is 0 Å². The maximum Gasteiger partial charge on any atom is 0.408 e. The van der Waals surface area contributed by atoms with Crippen molar-refractivity contribution in [2.24, 2.45) is 0 Å². The Labute approximate surface area is 100 Å². The standard InChI is InChI=1S/C11H18N2O4/c1-11(2,3)17-10(16)12-7-5-4-6-8(14)13-9(7)15/h7H,4-6H2,1-3H3,(H,12,16)(H,13,14,15). The van der Waals surface area contributed by atoms with Gasteiger partial charge in [0.2, 0.25) is 11.8 Å². The number of hydrogen-bond donors (Lipinski definition) is 2. The summed E-state index contributed by atoms with van der Waals surface area (Å²) in [6.45, 7) is 5.22. The molecule has 6 heteroatoms. The van der Waals surface area contributed by atoms with Gasteiger partial charge < -0.3 is 10.1 Å². The van der Waals surface area contributed by atoms with Gasteiger partial charge in [-0.3, -0.25) is 14.9 Å². The summed E-state index contributed by atoms with van der Waals surface area (Å²) in [4.78, 5) is 34.1. The number of hydrogen-bond acceptors (Lipinski definition) is 4. The van der Waals surface area contributed by atoms with Crippen molar-refractivity contribution in [3.8, 4) is 0 Å². The second kappa shape index (κ2) is 5.16. The number of imide groups is 1. The fourth-order valence-electron chi connectivity index (χ4n) is 1.47. The Hall–Kier alpha value is -1.59. The van der Waals surface area contributed by atoms with Crippen LogP contribution in [0.3, 0.4) is 0 Å². The molecule has 1 atom stereocenters. The first kappa shape index (κ1) is 13.5. The molecule has 0 radical (unpaired) electrons. The van der Waals surface area contributed by atoms with Gasteiger partial charge in [-0.15, -0.1) is 0 Å². The lowest BCUT2D eigenvalue weighted by molar-refractivity contribution is -0.130. The molecule has 0 aromatic carbocycles. The lowest BCUT2D eigenvalue weighted by atomic mass is 10.1. The summed E-state index contributed by atoms with van der Waals surface area (Å²) in [5.74, 6) is -0.776. The molecule has 2 N–H and O–H groups in total. The van der Waals surface area contributed by atoms with Crippen molar-refractivity contribution in [2.75, 3.05) is 0 Å². The van der Waals surface area contributed by atoms with E-state index >= 15 is 0 Å². The van der Waals surface area contributed by atoms with Crippen LogP contribution in [-0.4, -0.2) is 29.6 Å². The summed E-state index contributed by atoms with van der Waals surface area (Å²) in [7, 11) is 0. The highest BCUT2D eigenvalue weighted by Gasteiger charge is 2.27. The molecule has 0 spiro atoms. The number of rotatable bonds is 1. The fourth-order valence-corrected chi connectivity index (χ4v) is 1.47. The minimum atomic E-state index is -0.698. The average Bonchev–Trinajstić information content (AvgIpc) is 2.25. The molecular formula is C11H18N2O4. The molecule has 1 aliphatic rings. The van der Waals surface area contributed by atoms with Crippen LogP contribution in [0.25, 0.3) is 0 Å². The van der Waals surface area contributed by atoms with Crippen LogP contribution in [0.5, 0.6) is 0 Å². The van der Waals surface area contributed by atoms with Crippen LogP contribution >= 0.6 is 0 Å². The summed E-state index contributed by atoms with van der Waals surface area (Å²) >= 11 is 0. The zero-order valence-electron chi connectivity index (χ0n) is 10.3. The molecule has 17 heavy (non-hydrogen) atoms. The van der Waals surface area contributed by atoms with Gasteiger partial charge in [0.1, 0.15) is 11.6 Å². The van der Waals surface area contributed by atoms with Crippen LogP contribution < -0.4 is 10.6 Å². The van der Waals surface area contributed by atoms with Crippen molar-refractivity contribution < 1.29 is 19.1 Å². The normalized spacial score (nSPS) is 21.5. The Kier molecular flexibility index (Phi) is 4.09. The summed E-state index contributed by atoms with van der Waals surface area (Å²) in [5, 5.41) is 4.67. The SMILES string of the molecule is CC(C)(C)OC(=O)NC1CCCC(=O)NC1=O. The van der Waals surface area contributed by atoms with Crippen molar-refractivity contribution in [3.05, 3.63) is 0 Å². The maximum atomic E-state index is 11.5. The van der Waals surface area contributed by atoms with Crippen molar-refractivity contribution in [1.82, 2.24) is 10.6 Å². The molecule has 1 unspecified atom stereocenters. The predicted molar refractivity (Wildman–Crippen MR) is 60.2 cm³/mol. The topological polar surface area (TPSA) is 84.5 Å². The third kappa shape index (κ3) is 4.84. The number of alkyl carbamates (subject to hydrolysis) is 1. The largest absolute Gasteiger partial charge is 0.444 e. The minimum Gasteiger partial charge on any atom is -0.444 e. The molecular weight excluding hydrogens is 224 g/mol. The van der Waals surface area contributed by atoms with E-state index in [0.29, 0.717) is 19.3 Å². The smallest absolute Gasteiger partial charge is 0.408 e. The highest BCUT2D eigenvalue weighted by atomic mass is 16.6. The van der Waals surface area contributed by atoms with Crippen LogP contribution in [0.4, 0.5) is 4.79 Å². The van der Waals surface area contributed by atoms with Gasteiger partial charge in [0.05, 0.1) is 0 Å². The second-order valence-electron chi connectivity index (χ2n) is 5.00. The molecule has 0 saturated carbocycles. The van der Waals surface area contributed by atoms with Gasteiger partial charge in [0.25, 0.3) is 0 Å². The van der Waals surface area contributed by atoms with Gasteiger partial charge in [0.15, 0.2) is 0 Å². The molecule has 96 valence electrons. The molecule has 1 fully saturated rings. The fraction of sp³-hybridized carbons (Fsp3) is 0.727. The van der Waals surface area contributed by atoms with Crippen LogP contribution in [0.1, 0.15) is 40.0 Å². The Morgan fingerprint density at radius 2 is 2.06 bits per heavy atom. The number of ether oxygens (including phenoxy) is 1. The average molecular weight is 242 g/mol. The Bertz CT molecular complexity index is 333. The van der Waals surface area contributed by atoms with Crippen molar-refractivity contribution in [3.63, 3.8) is 0 Å².